The lowest BCUT2D eigenvalue weighted by molar-refractivity contribution is 0.259. The number of primary amides is 1. The molecule has 3 heteroatoms. The Hall–Kier alpha value is -2.29. The van der Waals surface area contributed by atoms with Crippen LogP contribution < -0.4 is 11.1 Å². The number of hydrogen-bond acceptors (Lipinski definition) is 1. The average Bonchev–Trinajstić information content (AvgIpc) is 2.27. The van der Waals surface area contributed by atoms with Crippen LogP contribution in [-0.4, -0.2) is 6.03 Å². The molecule has 0 spiro atoms. The molecule has 0 aliphatic rings. The van der Waals surface area contributed by atoms with Gasteiger partial charge in [-0.3, -0.25) is 0 Å². The zero-order chi connectivity index (χ0) is 13.1. The van der Waals surface area contributed by atoms with Crippen molar-refractivity contribution in [2.75, 3.05) is 5.32 Å². The number of carbonyl (C=O) groups excluding carboxylic acids is 1. The van der Waals surface area contributed by atoms with Gasteiger partial charge < -0.3 is 11.1 Å². The lowest BCUT2D eigenvalue weighted by atomic mass is 10.0. The Bertz CT molecular complexity index is 553. The first-order chi connectivity index (χ1) is 8.54. The minimum atomic E-state index is -0.547. The van der Waals surface area contributed by atoms with Gasteiger partial charge in [0.25, 0.3) is 0 Å². The summed E-state index contributed by atoms with van der Waals surface area (Å²) in [4.78, 5) is 10.7. The smallest absolute Gasteiger partial charge is 0.316 e. The third-order valence-electron chi connectivity index (χ3n) is 2.71. The molecule has 0 unspecified atom stereocenters. The van der Waals surface area contributed by atoms with Crippen molar-refractivity contribution in [1.82, 2.24) is 0 Å². The van der Waals surface area contributed by atoms with Gasteiger partial charge in [0.1, 0.15) is 0 Å². The normalized spacial score (nSPS) is 10.1. The van der Waals surface area contributed by atoms with Gasteiger partial charge in [-0.05, 0) is 37.1 Å². The highest BCUT2D eigenvalue weighted by molar-refractivity contribution is 5.88. The summed E-state index contributed by atoms with van der Waals surface area (Å²) in [5, 5.41) is 2.55. The number of aryl methyl sites for hydroxylation is 2. The predicted octanol–water partition coefficient (Wildman–Crippen LogP) is 3.46. The molecule has 0 radical (unpaired) electrons. The highest BCUT2D eigenvalue weighted by Crippen LogP contribution is 2.23. The van der Waals surface area contributed by atoms with Gasteiger partial charge in [0, 0.05) is 5.69 Å². The summed E-state index contributed by atoms with van der Waals surface area (Å²) < 4.78 is 0. The standard InChI is InChI=1S/C15H16N2O/c1-10-7-11(2)9-13(8-10)12-3-5-14(6-4-12)17-15(16)18/h3-9H,1-2H3,(H3,16,17,18). The second-order valence-corrected chi connectivity index (χ2v) is 4.44. The number of carbonyl (C=O) groups is 1. The van der Waals surface area contributed by atoms with Crippen molar-refractivity contribution in [2.24, 2.45) is 5.73 Å². The molecular weight excluding hydrogens is 224 g/mol. The summed E-state index contributed by atoms with van der Waals surface area (Å²) in [6.07, 6.45) is 0. The molecule has 0 saturated heterocycles. The van der Waals surface area contributed by atoms with E-state index in [4.69, 9.17) is 5.73 Å². The third-order valence-corrected chi connectivity index (χ3v) is 2.71. The minimum absolute atomic E-state index is 0.547. The molecule has 18 heavy (non-hydrogen) atoms. The van der Waals surface area contributed by atoms with Crippen LogP contribution in [0.1, 0.15) is 11.1 Å². The number of nitrogens with two attached hydrogens (primary N) is 1. The summed E-state index contributed by atoms with van der Waals surface area (Å²) in [5.74, 6) is 0. The van der Waals surface area contributed by atoms with Gasteiger partial charge in [0.15, 0.2) is 0 Å². The molecule has 2 rings (SSSR count). The van der Waals surface area contributed by atoms with Crippen LogP contribution in [0.25, 0.3) is 11.1 Å². The molecule has 3 N–H and O–H groups in total. The molecular formula is C15H16N2O. The van der Waals surface area contributed by atoms with Crippen LogP contribution in [-0.2, 0) is 0 Å². The number of rotatable bonds is 2. The van der Waals surface area contributed by atoms with E-state index in [2.05, 4.69) is 37.4 Å². The van der Waals surface area contributed by atoms with E-state index in [9.17, 15) is 4.79 Å². The minimum Gasteiger partial charge on any atom is -0.351 e. The number of amides is 2. The van der Waals surface area contributed by atoms with Crippen molar-refractivity contribution in [3.63, 3.8) is 0 Å². The molecule has 0 saturated carbocycles. The maximum Gasteiger partial charge on any atom is 0.316 e. The van der Waals surface area contributed by atoms with E-state index >= 15 is 0 Å². The van der Waals surface area contributed by atoms with Crippen molar-refractivity contribution >= 4 is 11.7 Å². The van der Waals surface area contributed by atoms with E-state index in [-0.39, 0.29) is 0 Å². The van der Waals surface area contributed by atoms with Crippen molar-refractivity contribution in [1.29, 1.82) is 0 Å². The van der Waals surface area contributed by atoms with E-state index in [1.54, 1.807) is 0 Å². The number of anilines is 1. The molecule has 92 valence electrons. The van der Waals surface area contributed by atoms with Gasteiger partial charge >= 0.3 is 6.03 Å². The lowest BCUT2D eigenvalue weighted by Crippen LogP contribution is -2.19. The highest BCUT2D eigenvalue weighted by atomic mass is 16.2. The van der Waals surface area contributed by atoms with E-state index in [0.717, 1.165) is 5.56 Å². The molecule has 2 aromatic carbocycles. The fourth-order valence-corrected chi connectivity index (χ4v) is 2.03. The molecule has 0 heterocycles. The van der Waals surface area contributed by atoms with E-state index in [0.29, 0.717) is 5.69 Å². The first-order valence-corrected chi connectivity index (χ1v) is 5.80. The Morgan fingerprint density at radius 1 is 0.944 bits per heavy atom. The van der Waals surface area contributed by atoms with Crippen LogP contribution in [0.5, 0.6) is 0 Å². The molecule has 0 aliphatic heterocycles. The molecule has 0 fully saturated rings. The van der Waals surface area contributed by atoms with Crippen LogP contribution in [0, 0.1) is 13.8 Å². The number of urea groups is 1. The van der Waals surface area contributed by atoms with E-state index in [1.807, 2.05) is 24.3 Å². The van der Waals surface area contributed by atoms with Crippen LogP contribution in [0.4, 0.5) is 10.5 Å². The molecule has 0 atom stereocenters. The third kappa shape index (κ3) is 2.88. The molecule has 0 aliphatic carbocycles. The Balaban J connectivity index is 2.31. The fraction of sp³-hybridized carbons (Fsp3) is 0.133. The van der Waals surface area contributed by atoms with Crippen LogP contribution in [0.2, 0.25) is 0 Å². The summed E-state index contributed by atoms with van der Waals surface area (Å²) in [5.41, 5.74) is 10.5. The molecule has 0 bridgehead atoms. The van der Waals surface area contributed by atoms with Crippen LogP contribution in [0.15, 0.2) is 42.5 Å². The van der Waals surface area contributed by atoms with Crippen molar-refractivity contribution < 1.29 is 4.79 Å². The molecule has 3 nitrogen and oxygen atoms in total. The monoisotopic (exact) mass is 240 g/mol. The van der Waals surface area contributed by atoms with Crippen molar-refractivity contribution in [3.8, 4) is 11.1 Å². The van der Waals surface area contributed by atoms with Gasteiger partial charge in [-0.25, -0.2) is 4.79 Å². The molecule has 2 amide bonds. The van der Waals surface area contributed by atoms with E-state index < -0.39 is 6.03 Å². The van der Waals surface area contributed by atoms with Gasteiger partial charge in [-0.1, -0.05) is 41.5 Å². The summed E-state index contributed by atoms with van der Waals surface area (Å²) in [6.45, 7) is 4.17. The zero-order valence-corrected chi connectivity index (χ0v) is 10.5. The zero-order valence-electron chi connectivity index (χ0n) is 10.5. The Kier molecular flexibility index (Phi) is 3.33. The van der Waals surface area contributed by atoms with Gasteiger partial charge in [-0.2, -0.15) is 0 Å². The van der Waals surface area contributed by atoms with Crippen LogP contribution >= 0.6 is 0 Å². The number of nitrogens with one attached hydrogen (secondary N) is 1. The SMILES string of the molecule is Cc1cc(C)cc(-c2ccc(NC(N)=O)cc2)c1. The molecule has 0 aromatic heterocycles. The van der Waals surface area contributed by atoms with Crippen LogP contribution in [0.3, 0.4) is 0 Å². The van der Waals surface area contributed by atoms with Gasteiger partial charge in [0.2, 0.25) is 0 Å². The van der Waals surface area contributed by atoms with Gasteiger partial charge in [0.05, 0.1) is 0 Å². The average molecular weight is 240 g/mol. The fourth-order valence-electron chi connectivity index (χ4n) is 2.03. The first kappa shape index (κ1) is 12.2. The quantitative estimate of drug-likeness (QED) is 0.829. The largest absolute Gasteiger partial charge is 0.351 e. The number of benzene rings is 2. The topological polar surface area (TPSA) is 55.1 Å². The summed E-state index contributed by atoms with van der Waals surface area (Å²) in [6, 6.07) is 13.5. The number of hydrogen-bond donors (Lipinski definition) is 2. The maximum atomic E-state index is 10.7. The Labute approximate surface area is 107 Å². The van der Waals surface area contributed by atoms with E-state index in [1.165, 1.54) is 16.7 Å². The second kappa shape index (κ2) is 4.92. The Morgan fingerprint density at radius 3 is 2.00 bits per heavy atom. The predicted molar refractivity (Wildman–Crippen MR) is 74.6 cm³/mol. The lowest BCUT2D eigenvalue weighted by Gasteiger charge is -2.07. The molecule has 2 aromatic rings. The van der Waals surface area contributed by atoms with Crippen molar-refractivity contribution in [2.45, 2.75) is 13.8 Å². The second-order valence-electron chi connectivity index (χ2n) is 4.44. The Morgan fingerprint density at radius 2 is 1.50 bits per heavy atom. The maximum absolute atomic E-state index is 10.7. The first-order valence-electron chi connectivity index (χ1n) is 5.80. The summed E-state index contributed by atoms with van der Waals surface area (Å²) >= 11 is 0. The highest BCUT2D eigenvalue weighted by Gasteiger charge is 2.01. The van der Waals surface area contributed by atoms with Crippen molar-refractivity contribution in [3.05, 3.63) is 53.6 Å². The van der Waals surface area contributed by atoms with Gasteiger partial charge in [-0.15, -0.1) is 0 Å². The summed E-state index contributed by atoms with van der Waals surface area (Å²) in [7, 11) is 0.